The fraction of sp³-hybridized carbons (Fsp3) is 0.100. The quantitative estimate of drug-likeness (QED) is 0.679. The Hall–Kier alpha value is -2.59. The zero-order valence-electron chi connectivity index (χ0n) is 13.2. The predicted octanol–water partition coefficient (Wildman–Crippen LogP) is 4.40. The lowest BCUT2D eigenvalue weighted by Gasteiger charge is -2.07. The zero-order valence-corrected chi connectivity index (χ0v) is 14.0. The third-order valence-electron chi connectivity index (χ3n) is 3.51. The van der Waals surface area contributed by atoms with Crippen LogP contribution in [0.4, 0.5) is 5.69 Å². The minimum absolute atomic E-state index is 0.00531. The highest BCUT2D eigenvalue weighted by molar-refractivity contribution is 8.00. The van der Waals surface area contributed by atoms with E-state index in [0.717, 1.165) is 17.0 Å². The average Bonchev–Trinajstić information content (AvgIpc) is 2.63. The number of aromatic nitrogens is 1. The summed E-state index contributed by atoms with van der Waals surface area (Å²) in [6, 6.07) is 21.9. The fourth-order valence-electron chi connectivity index (χ4n) is 2.30. The van der Waals surface area contributed by atoms with Crippen molar-refractivity contribution in [3.8, 4) is 0 Å². The van der Waals surface area contributed by atoms with Gasteiger partial charge in [0.05, 0.1) is 5.75 Å². The molecule has 0 aliphatic carbocycles. The maximum atomic E-state index is 12.0. The van der Waals surface area contributed by atoms with E-state index in [0.29, 0.717) is 5.75 Å². The third-order valence-corrected chi connectivity index (χ3v) is 4.52. The van der Waals surface area contributed by atoms with Crippen molar-refractivity contribution in [2.45, 2.75) is 11.3 Å². The Morgan fingerprint density at radius 3 is 2.25 bits per heavy atom. The molecule has 24 heavy (non-hydrogen) atoms. The van der Waals surface area contributed by atoms with E-state index in [4.69, 9.17) is 0 Å². The summed E-state index contributed by atoms with van der Waals surface area (Å²) >= 11 is 1.53. The molecule has 4 heteroatoms. The minimum atomic E-state index is 0.00531. The van der Waals surface area contributed by atoms with E-state index in [1.54, 1.807) is 12.4 Å². The van der Waals surface area contributed by atoms with Crippen LogP contribution in [0.1, 0.15) is 11.1 Å². The number of carbonyl (C=O) groups is 1. The van der Waals surface area contributed by atoms with Crippen LogP contribution in [0, 0.1) is 0 Å². The zero-order chi connectivity index (χ0) is 16.6. The van der Waals surface area contributed by atoms with Crippen LogP contribution in [0.25, 0.3) is 0 Å². The van der Waals surface area contributed by atoms with Gasteiger partial charge in [-0.3, -0.25) is 9.78 Å². The Balaban J connectivity index is 1.51. The fourth-order valence-corrected chi connectivity index (χ4v) is 3.02. The van der Waals surface area contributed by atoms with E-state index in [2.05, 4.69) is 10.3 Å². The second-order valence-electron chi connectivity index (χ2n) is 5.38. The number of benzene rings is 2. The third kappa shape index (κ3) is 4.96. The first-order chi connectivity index (χ1) is 11.8. The monoisotopic (exact) mass is 334 g/mol. The Morgan fingerprint density at radius 2 is 1.54 bits per heavy atom. The Bertz CT molecular complexity index is 774. The maximum Gasteiger partial charge on any atom is 0.234 e. The SMILES string of the molecule is O=C(CSc1ccccc1)Nc1ccc(Cc2ccncc2)cc1. The molecule has 1 amide bonds. The van der Waals surface area contributed by atoms with Crippen LogP contribution >= 0.6 is 11.8 Å². The number of amides is 1. The largest absolute Gasteiger partial charge is 0.325 e. The number of nitrogens with one attached hydrogen (secondary N) is 1. The van der Waals surface area contributed by atoms with Gasteiger partial charge in [-0.05, 0) is 53.9 Å². The van der Waals surface area contributed by atoms with Gasteiger partial charge in [0.15, 0.2) is 0 Å². The van der Waals surface area contributed by atoms with Crippen molar-refractivity contribution in [2.75, 3.05) is 11.1 Å². The van der Waals surface area contributed by atoms with Crippen molar-refractivity contribution in [2.24, 2.45) is 0 Å². The highest BCUT2D eigenvalue weighted by atomic mass is 32.2. The molecule has 2 aromatic carbocycles. The second-order valence-corrected chi connectivity index (χ2v) is 6.43. The molecule has 0 aliphatic heterocycles. The normalized spacial score (nSPS) is 10.3. The summed E-state index contributed by atoms with van der Waals surface area (Å²) in [4.78, 5) is 17.1. The molecule has 0 aliphatic rings. The van der Waals surface area contributed by atoms with Crippen LogP contribution in [-0.2, 0) is 11.2 Å². The molecule has 0 spiro atoms. The lowest BCUT2D eigenvalue weighted by atomic mass is 10.1. The molecule has 0 saturated heterocycles. The minimum Gasteiger partial charge on any atom is -0.325 e. The summed E-state index contributed by atoms with van der Waals surface area (Å²) in [7, 11) is 0. The molecule has 1 heterocycles. The summed E-state index contributed by atoms with van der Waals surface area (Å²) in [6.07, 6.45) is 4.46. The standard InChI is InChI=1S/C20H18N2OS/c23-20(15-24-19-4-2-1-3-5-19)22-18-8-6-16(7-9-18)14-17-10-12-21-13-11-17/h1-13H,14-15H2,(H,22,23). The molecule has 0 radical (unpaired) electrons. The number of nitrogens with zero attached hydrogens (tertiary/aromatic N) is 1. The maximum absolute atomic E-state index is 12.0. The Kier molecular flexibility index (Phi) is 5.64. The number of anilines is 1. The van der Waals surface area contributed by atoms with Crippen molar-refractivity contribution in [1.82, 2.24) is 4.98 Å². The summed E-state index contributed by atoms with van der Waals surface area (Å²) in [5.41, 5.74) is 3.26. The Morgan fingerprint density at radius 1 is 0.875 bits per heavy atom. The highest BCUT2D eigenvalue weighted by Crippen LogP contribution is 2.18. The molecule has 0 saturated carbocycles. The summed E-state index contributed by atoms with van der Waals surface area (Å²) in [5.74, 6) is 0.411. The lowest BCUT2D eigenvalue weighted by molar-refractivity contribution is -0.113. The van der Waals surface area contributed by atoms with Gasteiger partial charge >= 0.3 is 0 Å². The number of carbonyl (C=O) groups excluding carboxylic acids is 1. The van der Waals surface area contributed by atoms with Gasteiger partial charge in [0.1, 0.15) is 0 Å². The predicted molar refractivity (Wildman–Crippen MR) is 99.3 cm³/mol. The van der Waals surface area contributed by atoms with Gasteiger partial charge in [-0.1, -0.05) is 30.3 Å². The van der Waals surface area contributed by atoms with Crippen molar-refractivity contribution in [3.05, 3.63) is 90.3 Å². The molecule has 0 unspecified atom stereocenters. The van der Waals surface area contributed by atoms with Gasteiger partial charge in [0, 0.05) is 23.0 Å². The van der Waals surface area contributed by atoms with Gasteiger partial charge in [0.2, 0.25) is 5.91 Å². The molecule has 3 rings (SSSR count). The first kappa shape index (κ1) is 16.3. The topological polar surface area (TPSA) is 42.0 Å². The molecule has 3 nitrogen and oxygen atoms in total. The molecule has 1 N–H and O–H groups in total. The molecule has 3 aromatic rings. The number of thioether (sulfide) groups is 1. The molecule has 120 valence electrons. The van der Waals surface area contributed by atoms with Gasteiger partial charge in [-0.15, -0.1) is 11.8 Å². The van der Waals surface area contributed by atoms with Crippen LogP contribution in [0.2, 0.25) is 0 Å². The average molecular weight is 334 g/mol. The smallest absolute Gasteiger partial charge is 0.234 e. The van der Waals surface area contributed by atoms with Gasteiger partial charge in [-0.25, -0.2) is 0 Å². The van der Waals surface area contributed by atoms with Crippen LogP contribution in [0.5, 0.6) is 0 Å². The van der Waals surface area contributed by atoms with Crippen molar-refractivity contribution >= 4 is 23.4 Å². The van der Waals surface area contributed by atoms with Crippen LogP contribution in [0.15, 0.2) is 84.0 Å². The number of rotatable bonds is 6. The van der Waals surface area contributed by atoms with Crippen LogP contribution in [0.3, 0.4) is 0 Å². The van der Waals surface area contributed by atoms with E-state index in [-0.39, 0.29) is 5.91 Å². The van der Waals surface area contributed by atoms with Crippen LogP contribution in [-0.4, -0.2) is 16.6 Å². The first-order valence-corrected chi connectivity index (χ1v) is 8.74. The summed E-state index contributed by atoms with van der Waals surface area (Å²) in [6.45, 7) is 0. The van der Waals surface area contributed by atoms with E-state index in [1.165, 1.54) is 22.9 Å². The second kappa shape index (κ2) is 8.31. The van der Waals surface area contributed by atoms with Gasteiger partial charge < -0.3 is 5.32 Å². The van der Waals surface area contributed by atoms with Crippen molar-refractivity contribution < 1.29 is 4.79 Å². The van der Waals surface area contributed by atoms with Crippen molar-refractivity contribution in [1.29, 1.82) is 0 Å². The highest BCUT2D eigenvalue weighted by Gasteiger charge is 2.04. The summed E-state index contributed by atoms with van der Waals surface area (Å²) in [5, 5.41) is 2.93. The molecular weight excluding hydrogens is 316 g/mol. The Labute approximate surface area is 146 Å². The summed E-state index contributed by atoms with van der Waals surface area (Å²) < 4.78 is 0. The molecule has 0 atom stereocenters. The van der Waals surface area contributed by atoms with Crippen molar-refractivity contribution in [3.63, 3.8) is 0 Å². The number of hydrogen-bond acceptors (Lipinski definition) is 3. The molecular formula is C20H18N2OS. The molecule has 0 bridgehead atoms. The molecule has 0 fully saturated rings. The van der Waals surface area contributed by atoms with E-state index in [1.807, 2.05) is 66.7 Å². The van der Waals surface area contributed by atoms with Crippen LogP contribution < -0.4 is 5.32 Å². The molecule has 1 aromatic heterocycles. The lowest BCUT2D eigenvalue weighted by Crippen LogP contribution is -2.13. The number of hydrogen-bond donors (Lipinski definition) is 1. The van der Waals surface area contributed by atoms with Gasteiger partial charge in [-0.2, -0.15) is 0 Å². The van der Waals surface area contributed by atoms with Gasteiger partial charge in [0.25, 0.3) is 0 Å². The van der Waals surface area contributed by atoms with E-state index in [9.17, 15) is 4.79 Å². The number of pyridine rings is 1. The first-order valence-electron chi connectivity index (χ1n) is 7.75. The van der Waals surface area contributed by atoms with E-state index < -0.39 is 0 Å². The van der Waals surface area contributed by atoms with E-state index >= 15 is 0 Å².